The van der Waals surface area contributed by atoms with Gasteiger partial charge in [-0.1, -0.05) is 46.9 Å². The lowest BCUT2D eigenvalue weighted by molar-refractivity contribution is 0.0953. The second kappa shape index (κ2) is 7.02. The Morgan fingerprint density at radius 3 is 2.88 bits per heavy atom. The van der Waals surface area contributed by atoms with Crippen LogP contribution in [0.3, 0.4) is 0 Å². The predicted octanol–water partition coefficient (Wildman–Crippen LogP) is 3.94. The summed E-state index contributed by atoms with van der Waals surface area (Å²) >= 11 is 9.51. The Bertz CT molecular complexity index is 395. The maximum Gasteiger partial charge on any atom is 0.251 e. The first kappa shape index (κ1) is 14.5. The van der Waals surface area contributed by atoms with E-state index in [1.807, 2.05) is 6.92 Å². The molecule has 4 heteroatoms. The maximum absolute atomic E-state index is 11.9. The van der Waals surface area contributed by atoms with Crippen molar-refractivity contribution in [1.29, 1.82) is 0 Å². The molecule has 1 atom stereocenters. The van der Waals surface area contributed by atoms with Gasteiger partial charge in [0.1, 0.15) is 0 Å². The molecule has 1 aromatic rings. The van der Waals surface area contributed by atoms with Crippen LogP contribution in [0.5, 0.6) is 0 Å². The number of halogens is 2. The molecule has 94 valence electrons. The van der Waals surface area contributed by atoms with Crippen LogP contribution in [0.1, 0.15) is 35.7 Å². The Morgan fingerprint density at radius 2 is 2.24 bits per heavy atom. The lowest BCUT2D eigenvalue weighted by Crippen LogP contribution is -2.30. The summed E-state index contributed by atoms with van der Waals surface area (Å²) in [4.78, 5) is 12.3. The van der Waals surface area contributed by atoms with Crippen molar-refractivity contribution in [3.05, 3.63) is 34.3 Å². The molecule has 1 unspecified atom stereocenters. The molecule has 0 aliphatic rings. The number of rotatable bonds is 5. The highest BCUT2D eigenvalue weighted by Gasteiger charge is 2.11. The van der Waals surface area contributed by atoms with Gasteiger partial charge >= 0.3 is 0 Å². The van der Waals surface area contributed by atoms with Gasteiger partial charge in [0.25, 0.3) is 5.91 Å². The van der Waals surface area contributed by atoms with Gasteiger partial charge in [-0.2, -0.15) is 0 Å². The Hall–Kier alpha value is -0.540. The average Bonchev–Trinajstić information content (AvgIpc) is 2.30. The van der Waals surface area contributed by atoms with E-state index in [0.29, 0.717) is 22.0 Å². The normalized spacial score (nSPS) is 12.2. The summed E-state index contributed by atoms with van der Waals surface area (Å²) in [5.41, 5.74) is 1.47. The van der Waals surface area contributed by atoms with Crippen LogP contribution in [0, 0.1) is 6.92 Å². The first-order valence-corrected chi connectivity index (χ1v) is 7.03. The van der Waals surface area contributed by atoms with Gasteiger partial charge in [-0.15, -0.1) is 0 Å². The predicted molar refractivity (Wildman–Crippen MR) is 76.1 cm³/mol. The van der Waals surface area contributed by atoms with E-state index in [1.165, 1.54) is 0 Å². The van der Waals surface area contributed by atoms with Crippen molar-refractivity contribution in [3.63, 3.8) is 0 Å². The van der Waals surface area contributed by atoms with Gasteiger partial charge in [-0.25, -0.2) is 0 Å². The van der Waals surface area contributed by atoms with Crippen molar-refractivity contribution in [2.45, 2.75) is 31.5 Å². The van der Waals surface area contributed by atoms with Crippen LogP contribution in [0.4, 0.5) is 0 Å². The molecule has 0 fully saturated rings. The van der Waals surface area contributed by atoms with Gasteiger partial charge < -0.3 is 5.32 Å². The molecular weight excluding hydrogens is 302 g/mol. The minimum absolute atomic E-state index is 0.0643. The van der Waals surface area contributed by atoms with Gasteiger partial charge in [-0.05, 0) is 31.0 Å². The zero-order chi connectivity index (χ0) is 12.8. The molecular formula is C13H17BrClNO. The number of benzene rings is 1. The van der Waals surface area contributed by atoms with Crippen LogP contribution in [0.2, 0.25) is 5.02 Å². The van der Waals surface area contributed by atoms with Gasteiger partial charge in [0, 0.05) is 22.0 Å². The Balaban J connectivity index is 2.61. The Labute approximate surface area is 116 Å². The molecule has 1 aromatic carbocycles. The summed E-state index contributed by atoms with van der Waals surface area (Å²) in [6.07, 6.45) is 2.15. The van der Waals surface area contributed by atoms with Crippen molar-refractivity contribution >= 4 is 33.4 Å². The zero-order valence-electron chi connectivity index (χ0n) is 10.1. The molecule has 0 aromatic heterocycles. The number of carbonyl (C=O) groups excluding carboxylic acids is 1. The second-order valence-corrected chi connectivity index (χ2v) is 5.71. The molecule has 0 aliphatic heterocycles. The van der Waals surface area contributed by atoms with Gasteiger partial charge in [-0.3, -0.25) is 4.79 Å². The monoisotopic (exact) mass is 317 g/mol. The molecule has 0 heterocycles. The fourth-order valence-corrected chi connectivity index (χ4v) is 2.36. The largest absolute Gasteiger partial charge is 0.351 e. The van der Waals surface area contributed by atoms with Crippen LogP contribution in [-0.2, 0) is 0 Å². The van der Waals surface area contributed by atoms with Gasteiger partial charge in [0.2, 0.25) is 0 Å². The van der Waals surface area contributed by atoms with Gasteiger partial charge in [0.15, 0.2) is 0 Å². The van der Waals surface area contributed by atoms with Crippen molar-refractivity contribution in [3.8, 4) is 0 Å². The van der Waals surface area contributed by atoms with Gasteiger partial charge in [0.05, 0.1) is 0 Å². The highest BCUT2D eigenvalue weighted by Crippen LogP contribution is 2.18. The summed E-state index contributed by atoms with van der Waals surface area (Å²) in [5, 5.41) is 3.53. The lowest BCUT2D eigenvalue weighted by atomic mass is 10.1. The van der Waals surface area contributed by atoms with E-state index in [0.717, 1.165) is 18.4 Å². The van der Waals surface area contributed by atoms with Crippen LogP contribution in [0.15, 0.2) is 18.2 Å². The van der Waals surface area contributed by atoms with Crippen LogP contribution < -0.4 is 5.32 Å². The Kier molecular flexibility index (Phi) is 6.00. The summed E-state index contributed by atoms with van der Waals surface area (Å²) < 4.78 is 0. The van der Waals surface area contributed by atoms with E-state index >= 15 is 0 Å². The van der Waals surface area contributed by atoms with E-state index in [2.05, 4.69) is 28.2 Å². The number of carbonyl (C=O) groups is 1. The summed E-state index contributed by atoms with van der Waals surface area (Å²) in [6.45, 7) is 4.62. The van der Waals surface area contributed by atoms with Crippen molar-refractivity contribution in [2.75, 3.05) is 6.54 Å². The molecule has 1 rings (SSSR count). The third-order valence-electron chi connectivity index (χ3n) is 2.60. The standard InChI is InChI=1S/C13H17BrClNO/c1-3-5-10(14)8-16-13(17)11-6-4-7-12(15)9(11)2/h4,6-7,10H,3,5,8H2,1-2H3,(H,16,17). The molecule has 0 radical (unpaired) electrons. The molecule has 0 aliphatic carbocycles. The second-order valence-electron chi connectivity index (χ2n) is 4.01. The number of nitrogens with one attached hydrogen (secondary N) is 1. The lowest BCUT2D eigenvalue weighted by Gasteiger charge is -2.11. The third-order valence-corrected chi connectivity index (χ3v) is 3.79. The van der Waals surface area contributed by atoms with E-state index in [9.17, 15) is 4.79 Å². The number of hydrogen-bond acceptors (Lipinski definition) is 1. The average molecular weight is 319 g/mol. The minimum atomic E-state index is -0.0643. The minimum Gasteiger partial charge on any atom is -0.351 e. The van der Waals surface area contributed by atoms with Crippen molar-refractivity contribution in [1.82, 2.24) is 5.32 Å². The fourth-order valence-electron chi connectivity index (χ4n) is 1.57. The summed E-state index contributed by atoms with van der Waals surface area (Å²) in [7, 11) is 0. The number of alkyl halides is 1. The van der Waals surface area contributed by atoms with Crippen molar-refractivity contribution in [2.24, 2.45) is 0 Å². The molecule has 17 heavy (non-hydrogen) atoms. The van der Waals surface area contributed by atoms with Crippen LogP contribution in [-0.4, -0.2) is 17.3 Å². The maximum atomic E-state index is 11.9. The van der Waals surface area contributed by atoms with Crippen LogP contribution in [0.25, 0.3) is 0 Å². The summed E-state index contributed by atoms with van der Waals surface area (Å²) in [5.74, 6) is -0.0643. The molecule has 1 amide bonds. The number of amides is 1. The topological polar surface area (TPSA) is 29.1 Å². The van der Waals surface area contributed by atoms with Crippen molar-refractivity contribution < 1.29 is 4.79 Å². The molecule has 2 nitrogen and oxygen atoms in total. The fraction of sp³-hybridized carbons (Fsp3) is 0.462. The highest BCUT2D eigenvalue weighted by molar-refractivity contribution is 9.09. The van der Waals surface area contributed by atoms with E-state index in [1.54, 1.807) is 18.2 Å². The van der Waals surface area contributed by atoms with E-state index in [-0.39, 0.29) is 5.91 Å². The number of hydrogen-bond donors (Lipinski definition) is 1. The SMILES string of the molecule is CCCC(Br)CNC(=O)c1cccc(Cl)c1C. The quantitative estimate of drug-likeness (QED) is 0.819. The van der Waals surface area contributed by atoms with E-state index < -0.39 is 0 Å². The van der Waals surface area contributed by atoms with E-state index in [4.69, 9.17) is 11.6 Å². The molecule has 0 bridgehead atoms. The third kappa shape index (κ3) is 4.32. The summed E-state index contributed by atoms with van der Waals surface area (Å²) in [6, 6.07) is 5.37. The smallest absolute Gasteiger partial charge is 0.251 e. The molecule has 0 saturated heterocycles. The Morgan fingerprint density at radius 1 is 1.53 bits per heavy atom. The molecule has 0 saturated carbocycles. The molecule has 1 N–H and O–H groups in total. The zero-order valence-corrected chi connectivity index (χ0v) is 12.4. The first-order chi connectivity index (χ1) is 8.06. The first-order valence-electron chi connectivity index (χ1n) is 5.73. The molecule has 0 spiro atoms. The highest BCUT2D eigenvalue weighted by atomic mass is 79.9. The van der Waals surface area contributed by atoms with Crippen LogP contribution >= 0.6 is 27.5 Å².